The summed E-state index contributed by atoms with van der Waals surface area (Å²) in [4.78, 5) is 10.2. The number of rotatable bonds is 1. The van der Waals surface area contributed by atoms with Gasteiger partial charge >= 0.3 is 12.1 Å². The van der Waals surface area contributed by atoms with Gasteiger partial charge in [0.15, 0.2) is 0 Å². The number of hydrogen-bond donors (Lipinski definition) is 1. The highest BCUT2D eigenvalue weighted by atomic mass is 19.4. The molecule has 1 unspecified atom stereocenters. The maximum atomic E-state index is 11.6. The third-order valence-electron chi connectivity index (χ3n) is 1.36. The minimum atomic E-state index is -4.86. The lowest BCUT2D eigenvalue weighted by atomic mass is 10.1. The Hall–Kier alpha value is -1.18. The highest BCUT2D eigenvalue weighted by Crippen LogP contribution is 2.13. The SMILES string of the molecule is CCC(C)C#CNC(=O)C(F)(F)F. The third kappa shape index (κ3) is 5.12. The van der Waals surface area contributed by atoms with Crippen molar-refractivity contribution < 1.29 is 18.0 Å². The Morgan fingerprint density at radius 2 is 2.08 bits per heavy atom. The number of nitrogens with one attached hydrogen (secondary N) is 1. The number of carbonyl (C=O) groups excluding carboxylic acids is 1. The van der Waals surface area contributed by atoms with E-state index in [4.69, 9.17) is 0 Å². The summed E-state index contributed by atoms with van der Waals surface area (Å²) in [5.74, 6) is 0.409. The summed E-state index contributed by atoms with van der Waals surface area (Å²) in [5.41, 5.74) is 0. The molecule has 1 atom stereocenters. The first-order chi connectivity index (χ1) is 5.88. The van der Waals surface area contributed by atoms with Crippen LogP contribution in [0.3, 0.4) is 0 Å². The first-order valence-corrected chi connectivity index (χ1v) is 3.75. The van der Waals surface area contributed by atoms with Crippen molar-refractivity contribution in [3.63, 3.8) is 0 Å². The molecule has 1 N–H and O–H groups in total. The molecule has 0 aromatic carbocycles. The van der Waals surface area contributed by atoms with E-state index in [0.717, 1.165) is 6.42 Å². The normalized spacial score (nSPS) is 12.7. The van der Waals surface area contributed by atoms with Crippen molar-refractivity contribution in [2.45, 2.75) is 26.4 Å². The fraction of sp³-hybridized carbons (Fsp3) is 0.625. The zero-order valence-electron chi connectivity index (χ0n) is 7.33. The summed E-state index contributed by atoms with van der Waals surface area (Å²) in [7, 11) is 0. The van der Waals surface area contributed by atoms with Gasteiger partial charge in [-0.1, -0.05) is 19.8 Å². The van der Waals surface area contributed by atoms with E-state index in [2.05, 4.69) is 5.92 Å². The Balaban J connectivity index is 4.01. The summed E-state index contributed by atoms with van der Waals surface area (Å²) >= 11 is 0. The number of amides is 1. The van der Waals surface area contributed by atoms with Crippen LogP contribution in [0.2, 0.25) is 0 Å². The van der Waals surface area contributed by atoms with Gasteiger partial charge in [-0.25, -0.2) is 0 Å². The van der Waals surface area contributed by atoms with Gasteiger partial charge < -0.3 is 0 Å². The molecule has 0 radical (unpaired) electrons. The van der Waals surface area contributed by atoms with Crippen LogP contribution < -0.4 is 5.32 Å². The monoisotopic (exact) mass is 193 g/mol. The molecule has 5 heteroatoms. The summed E-state index contributed by atoms with van der Waals surface area (Å²) in [5, 5.41) is 1.46. The van der Waals surface area contributed by atoms with Gasteiger partial charge in [0.1, 0.15) is 0 Å². The largest absolute Gasteiger partial charge is 0.472 e. The fourth-order valence-corrected chi connectivity index (χ4v) is 0.389. The van der Waals surface area contributed by atoms with E-state index in [1.165, 1.54) is 5.32 Å². The van der Waals surface area contributed by atoms with E-state index in [0.29, 0.717) is 0 Å². The average molecular weight is 193 g/mol. The molecule has 0 aliphatic carbocycles. The second-order valence-electron chi connectivity index (χ2n) is 2.53. The van der Waals surface area contributed by atoms with Crippen LogP contribution in [0, 0.1) is 17.9 Å². The van der Waals surface area contributed by atoms with E-state index in [1.54, 1.807) is 6.92 Å². The first kappa shape index (κ1) is 11.8. The van der Waals surface area contributed by atoms with Crippen molar-refractivity contribution in [2.75, 3.05) is 0 Å². The van der Waals surface area contributed by atoms with Gasteiger partial charge in [0.05, 0.1) is 0 Å². The molecule has 13 heavy (non-hydrogen) atoms. The molecule has 0 bridgehead atoms. The molecular formula is C8H10F3NO. The van der Waals surface area contributed by atoms with Gasteiger partial charge in [-0.2, -0.15) is 13.2 Å². The van der Waals surface area contributed by atoms with Gasteiger partial charge in [0.2, 0.25) is 0 Å². The van der Waals surface area contributed by atoms with Gasteiger partial charge in [0, 0.05) is 12.0 Å². The maximum Gasteiger partial charge on any atom is 0.472 e. The average Bonchev–Trinajstić information content (AvgIpc) is 2.02. The topological polar surface area (TPSA) is 29.1 Å². The zero-order valence-corrected chi connectivity index (χ0v) is 7.33. The molecule has 0 heterocycles. The van der Waals surface area contributed by atoms with Crippen molar-refractivity contribution in [1.29, 1.82) is 0 Å². The van der Waals surface area contributed by atoms with Crippen molar-refractivity contribution in [2.24, 2.45) is 5.92 Å². The highest BCUT2D eigenvalue weighted by molar-refractivity contribution is 5.83. The lowest BCUT2D eigenvalue weighted by molar-refractivity contribution is -0.172. The predicted molar refractivity (Wildman–Crippen MR) is 41.4 cm³/mol. The minimum Gasteiger partial charge on any atom is -0.277 e. The molecule has 0 aliphatic rings. The van der Waals surface area contributed by atoms with E-state index in [-0.39, 0.29) is 5.92 Å². The minimum absolute atomic E-state index is 0.0199. The van der Waals surface area contributed by atoms with Crippen LogP contribution in [0.4, 0.5) is 13.2 Å². The molecule has 0 rings (SSSR count). The van der Waals surface area contributed by atoms with E-state index in [9.17, 15) is 18.0 Å². The first-order valence-electron chi connectivity index (χ1n) is 3.75. The van der Waals surface area contributed by atoms with Gasteiger partial charge in [-0.3, -0.25) is 10.1 Å². The molecule has 0 aromatic rings. The Morgan fingerprint density at radius 3 is 2.46 bits per heavy atom. The van der Waals surface area contributed by atoms with Crippen molar-refractivity contribution in [1.82, 2.24) is 5.32 Å². The van der Waals surface area contributed by atoms with E-state index >= 15 is 0 Å². The Bertz CT molecular complexity index is 236. The van der Waals surface area contributed by atoms with Crippen molar-refractivity contribution in [3.8, 4) is 12.0 Å². The van der Waals surface area contributed by atoms with Crippen LogP contribution in [0.15, 0.2) is 0 Å². The molecular weight excluding hydrogens is 183 g/mol. The molecule has 2 nitrogen and oxygen atoms in total. The number of hydrogen-bond acceptors (Lipinski definition) is 1. The standard InChI is InChI=1S/C8H10F3NO/c1-3-6(2)4-5-12-7(13)8(9,10)11/h6H,3H2,1-2H3,(H,12,13). The van der Waals surface area contributed by atoms with Gasteiger partial charge in [-0.05, 0) is 6.42 Å². The quantitative estimate of drug-likeness (QED) is 0.498. The molecule has 74 valence electrons. The van der Waals surface area contributed by atoms with Crippen LogP contribution in [0.25, 0.3) is 0 Å². The predicted octanol–water partition coefficient (Wildman–Crippen LogP) is 1.67. The zero-order chi connectivity index (χ0) is 10.5. The van der Waals surface area contributed by atoms with Crippen LogP contribution in [0.1, 0.15) is 20.3 Å². The second-order valence-corrected chi connectivity index (χ2v) is 2.53. The van der Waals surface area contributed by atoms with Crippen LogP contribution in [-0.2, 0) is 4.79 Å². The number of halogens is 3. The lowest BCUT2D eigenvalue weighted by Gasteiger charge is -2.01. The molecule has 0 aromatic heterocycles. The molecule has 0 saturated heterocycles. The van der Waals surface area contributed by atoms with E-state index in [1.807, 2.05) is 13.0 Å². The summed E-state index contributed by atoms with van der Waals surface area (Å²) in [6.07, 6.45) is -4.13. The van der Waals surface area contributed by atoms with Gasteiger partial charge in [0.25, 0.3) is 0 Å². The van der Waals surface area contributed by atoms with Gasteiger partial charge in [-0.15, -0.1) is 0 Å². The molecule has 1 amide bonds. The van der Waals surface area contributed by atoms with Crippen LogP contribution in [-0.4, -0.2) is 12.1 Å². The lowest BCUT2D eigenvalue weighted by Crippen LogP contribution is -2.33. The second kappa shape index (κ2) is 4.75. The summed E-state index contributed by atoms with van der Waals surface area (Å²) in [6.45, 7) is 3.61. The molecule has 0 saturated carbocycles. The summed E-state index contributed by atoms with van der Waals surface area (Å²) < 4.78 is 34.7. The number of alkyl halides is 3. The Morgan fingerprint density at radius 1 is 1.54 bits per heavy atom. The maximum absolute atomic E-state index is 11.6. The van der Waals surface area contributed by atoms with Crippen LogP contribution in [0.5, 0.6) is 0 Å². The smallest absolute Gasteiger partial charge is 0.277 e. The third-order valence-corrected chi connectivity index (χ3v) is 1.36. The summed E-state index contributed by atoms with van der Waals surface area (Å²) in [6, 6.07) is 1.97. The van der Waals surface area contributed by atoms with E-state index < -0.39 is 12.1 Å². The fourth-order valence-electron chi connectivity index (χ4n) is 0.389. The number of carbonyl (C=O) groups is 1. The highest BCUT2D eigenvalue weighted by Gasteiger charge is 2.38. The van der Waals surface area contributed by atoms with Crippen LogP contribution >= 0.6 is 0 Å². The Kier molecular flexibility index (Phi) is 4.32. The van der Waals surface area contributed by atoms with Crippen molar-refractivity contribution >= 4 is 5.91 Å². The Labute approximate surface area is 74.5 Å². The molecule has 0 spiro atoms. The van der Waals surface area contributed by atoms with Crippen molar-refractivity contribution in [3.05, 3.63) is 0 Å². The molecule has 0 aliphatic heterocycles. The molecule has 0 fully saturated rings.